The van der Waals surface area contributed by atoms with Crippen molar-refractivity contribution in [1.82, 2.24) is 9.55 Å². The lowest BCUT2D eigenvalue weighted by atomic mass is 10.2. The van der Waals surface area contributed by atoms with E-state index in [1.54, 1.807) is 23.6 Å². The number of ether oxygens (including phenoxy) is 1. The smallest absolute Gasteiger partial charge is 0.357 e. The zero-order valence-electron chi connectivity index (χ0n) is 15.3. The Labute approximate surface area is 165 Å². The molecule has 6 nitrogen and oxygen atoms in total. The largest absolute Gasteiger partial charge is 0.451 e. The first-order valence-electron chi connectivity index (χ1n) is 8.40. The van der Waals surface area contributed by atoms with Crippen molar-refractivity contribution < 1.29 is 18.7 Å². The Hall–Kier alpha value is -3.13. The number of para-hydroxylation sites is 1. The second kappa shape index (κ2) is 8.71. The van der Waals surface area contributed by atoms with Crippen LogP contribution < -0.4 is 5.32 Å². The van der Waals surface area contributed by atoms with Gasteiger partial charge in [-0.15, -0.1) is 0 Å². The third kappa shape index (κ3) is 4.40. The number of esters is 1. The first-order valence-corrected chi connectivity index (χ1v) is 9.62. The van der Waals surface area contributed by atoms with Gasteiger partial charge >= 0.3 is 5.97 Å². The van der Waals surface area contributed by atoms with Crippen molar-refractivity contribution in [1.29, 1.82) is 0 Å². The van der Waals surface area contributed by atoms with Crippen LogP contribution in [-0.2, 0) is 9.53 Å². The van der Waals surface area contributed by atoms with Crippen LogP contribution in [0.2, 0.25) is 0 Å². The predicted molar refractivity (Wildman–Crippen MR) is 105 cm³/mol. The van der Waals surface area contributed by atoms with Gasteiger partial charge in [-0.1, -0.05) is 36.0 Å². The number of anilines is 1. The van der Waals surface area contributed by atoms with Gasteiger partial charge in [-0.2, -0.15) is 0 Å². The number of halogens is 1. The molecule has 0 saturated carbocycles. The van der Waals surface area contributed by atoms with Gasteiger partial charge in [-0.05, 0) is 43.0 Å². The highest BCUT2D eigenvalue weighted by atomic mass is 32.2. The van der Waals surface area contributed by atoms with E-state index in [2.05, 4.69) is 10.3 Å². The summed E-state index contributed by atoms with van der Waals surface area (Å²) in [5.41, 5.74) is 1.74. The molecule has 0 saturated heterocycles. The molecule has 1 amide bonds. The topological polar surface area (TPSA) is 73.2 Å². The molecule has 1 N–H and O–H groups in total. The van der Waals surface area contributed by atoms with Crippen LogP contribution in [-0.4, -0.2) is 34.3 Å². The number of aromatic nitrogens is 2. The average Bonchev–Trinajstić information content (AvgIpc) is 3.14. The quantitative estimate of drug-likeness (QED) is 0.504. The number of nitrogens with zero attached hydrogens (tertiary/aromatic N) is 2. The molecule has 3 aromatic rings. The number of carbonyl (C=O) groups is 2. The lowest BCUT2D eigenvalue weighted by Crippen LogP contribution is -2.22. The van der Waals surface area contributed by atoms with E-state index >= 15 is 0 Å². The Morgan fingerprint density at radius 1 is 1.21 bits per heavy atom. The summed E-state index contributed by atoms with van der Waals surface area (Å²) >= 11 is 1.39. The Morgan fingerprint density at radius 3 is 2.64 bits per heavy atom. The van der Waals surface area contributed by atoms with Crippen molar-refractivity contribution in [2.75, 3.05) is 18.2 Å². The van der Waals surface area contributed by atoms with E-state index in [1.165, 1.54) is 24.0 Å². The molecule has 0 aliphatic heterocycles. The number of thioether (sulfide) groups is 1. The molecule has 0 fully saturated rings. The van der Waals surface area contributed by atoms with E-state index < -0.39 is 24.3 Å². The average molecular weight is 399 g/mol. The van der Waals surface area contributed by atoms with Crippen LogP contribution in [0.15, 0.2) is 59.9 Å². The van der Waals surface area contributed by atoms with Gasteiger partial charge in [0.1, 0.15) is 5.82 Å². The molecule has 1 aromatic heterocycles. The molecular weight excluding hydrogens is 381 g/mol. The molecule has 2 aromatic carbocycles. The van der Waals surface area contributed by atoms with E-state index in [4.69, 9.17) is 4.74 Å². The lowest BCUT2D eigenvalue weighted by molar-refractivity contribution is -0.119. The Morgan fingerprint density at radius 2 is 1.96 bits per heavy atom. The number of amides is 1. The monoisotopic (exact) mass is 399 g/mol. The number of imidazole rings is 1. The van der Waals surface area contributed by atoms with Gasteiger partial charge in [0.05, 0.1) is 6.20 Å². The predicted octanol–water partition coefficient (Wildman–Crippen LogP) is 3.84. The van der Waals surface area contributed by atoms with Gasteiger partial charge in [0, 0.05) is 11.4 Å². The number of aryl methyl sites for hydroxylation is 1. The van der Waals surface area contributed by atoms with Crippen molar-refractivity contribution in [2.24, 2.45) is 0 Å². The summed E-state index contributed by atoms with van der Waals surface area (Å²) in [5, 5.41) is 3.12. The molecule has 0 atom stereocenters. The molecule has 0 spiro atoms. The molecule has 0 aliphatic carbocycles. The minimum absolute atomic E-state index is 0.213. The molecule has 0 bridgehead atoms. The molecule has 0 aliphatic rings. The minimum Gasteiger partial charge on any atom is -0.451 e. The fraction of sp³-hybridized carbons (Fsp3) is 0.150. The van der Waals surface area contributed by atoms with Gasteiger partial charge in [-0.3, -0.25) is 9.36 Å². The van der Waals surface area contributed by atoms with Crippen molar-refractivity contribution in [3.8, 4) is 5.69 Å². The van der Waals surface area contributed by atoms with Gasteiger partial charge in [0.25, 0.3) is 5.91 Å². The van der Waals surface area contributed by atoms with Gasteiger partial charge in [0.2, 0.25) is 0 Å². The standard InChI is InChI=1S/C20H18FN3O3S/c1-13-8-9-14(10-16(13)21)23-18(25)12-27-19(26)17-11-22-20(28-2)24(17)15-6-4-3-5-7-15/h3-11H,12H2,1-2H3,(H,23,25). The third-order valence-electron chi connectivity index (χ3n) is 3.93. The van der Waals surface area contributed by atoms with Crippen LogP contribution in [0.5, 0.6) is 0 Å². The fourth-order valence-electron chi connectivity index (χ4n) is 2.52. The number of hydrogen-bond acceptors (Lipinski definition) is 5. The van der Waals surface area contributed by atoms with Crippen LogP contribution in [0.1, 0.15) is 16.1 Å². The van der Waals surface area contributed by atoms with Crippen molar-refractivity contribution in [3.05, 3.63) is 71.8 Å². The van der Waals surface area contributed by atoms with Crippen LogP contribution >= 0.6 is 11.8 Å². The SMILES string of the molecule is CSc1ncc(C(=O)OCC(=O)Nc2ccc(C)c(F)c2)n1-c1ccccc1. The zero-order valence-corrected chi connectivity index (χ0v) is 16.1. The van der Waals surface area contributed by atoms with E-state index in [-0.39, 0.29) is 5.69 Å². The molecule has 28 heavy (non-hydrogen) atoms. The number of nitrogens with one attached hydrogen (secondary N) is 1. The molecule has 8 heteroatoms. The van der Waals surface area contributed by atoms with E-state index in [0.29, 0.717) is 16.4 Å². The number of benzene rings is 2. The summed E-state index contributed by atoms with van der Waals surface area (Å²) in [5.74, 6) is -1.67. The fourth-order valence-corrected chi connectivity index (χ4v) is 3.07. The summed E-state index contributed by atoms with van der Waals surface area (Å²) in [7, 11) is 0. The number of rotatable bonds is 6. The van der Waals surface area contributed by atoms with Crippen LogP contribution in [0, 0.1) is 12.7 Å². The summed E-state index contributed by atoms with van der Waals surface area (Å²) in [6, 6.07) is 13.6. The van der Waals surface area contributed by atoms with Crippen LogP contribution in [0.3, 0.4) is 0 Å². The van der Waals surface area contributed by atoms with E-state index in [0.717, 1.165) is 5.69 Å². The van der Waals surface area contributed by atoms with Crippen LogP contribution in [0.25, 0.3) is 5.69 Å². The molecule has 0 unspecified atom stereocenters. The number of hydrogen-bond donors (Lipinski definition) is 1. The third-order valence-corrected chi connectivity index (χ3v) is 4.58. The van der Waals surface area contributed by atoms with Crippen LogP contribution in [0.4, 0.5) is 10.1 Å². The summed E-state index contributed by atoms with van der Waals surface area (Å²) < 4.78 is 20.3. The molecule has 1 heterocycles. The van der Waals surface area contributed by atoms with Gasteiger partial charge in [-0.25, -0.2) is 14.2 Å². The normalized spacial score (nSPS) is 10.5. The van der Waals surface area contributed by atoms with E-state index in [9.17, 15) is 14.0 Å². The highest BCUT2D eigenvalue weighted by Crippen LogP contribution is 2.22. The number of carbonyl (C=O) groups excluding carboxylic acids is 2. The van der Waals surface area contributed by atoms with E-state index in [1.807, 2.05) is 36.6 Å². The molecule has 3 rings (SSSR count). The van der Waals surface area contributed by atoms with Crippen molar-refractivity contribution >= 4 is 29.3 Å². The summed E-state index contributed by atoms with van der Waals surface area (Å²) in [4.78, 5) is 28.7. The molecule has 144 valence electrons. The first kappa shape index (κ1) is 19.6. The highest BCUT2D eigenvalue weighted by molar-refractivity contribution is 7.98. The Kier molecular flexibility index (Phi) is 6.10. The maximum Gasteiger partial charge on any atom is 0.357 e. The van der Waals surface area contributed by atoms with Gasteiger partial charge in [0.15, 0.2) is 17.5 Å². The van der Waals surface area contributed by atoms with Crippen molar-refractivity contribution in [3.63, 3.8) is 0 Å². The summed E-state index contributed by atoms with van der Waals surface area (Å²) in [6.07, 6.45) is 3.26. The molecular formula is C20H18FN3O3S. The first-order chi connectivity index (χ1) is 13.5. The Balaban J connectivity index is 1.69. The maximum atomic E-state index is 13.6. The van der Waals surface area contributed by atoms with Gasteiger partial charge < -0.3 is 10.1 Å². The molecule has 0 radical (unpaired) electrons. The summed E-state index contributed by atoms with van der Waals surface area (Å²) in [6.45, 7) is 1.13. The van der Waals surface area contributed by atoms with Crippen molar-refractivity contribution in [2.45, 2.75) is 12.1 Å². The zero-order chi connectivity index (χ0) is 20.1. The second-order valence-electron chi connectivity index (χ2n) is 5.89. The maximum absolute atomic E-state index is 13.6. The second-order valence-corrected chi connectivity index (χ2v) is 6.66. The highest BCUT2D eigenvalue weighted by Gasteiger charge is 2.20. The lowest BCUT2D eigenvalue weighted by Gasteiger charge is -2.11. The minimum atomic E-state index is -0.679. The Bertz CT molecular complexity index is 1010.